The van der Waals surface area contributed by atoms with Crippen molar-refractivity contribution in [2.24, 2.45) is 17.0 Å². The van der Waals surface area contributed by atoms with Crippen molar-refractivity contribution in [3.63, 3.8) is 0 Å². The molecular formula is C61H87Cl5N8O6. The summed E-state index contributed by atoms with van der Waals surface area (Å²) in [4.78, 5) is 79.7. The average molecular weight is 1210 g/mol. The molecule has 5 amide bonds. The molecule has 80 heavy (non-hydrogen) atoms. The van der Waals surface area contributed by atoms with Gasteiger partial charge in [-0.2, -0.15) is 0 Å². The lowest BCUT2D eigenvalue weighted by Gasteiger charge is -2.42. The van der Waals surface area contributed by atoms with Gasteiger partial charge in [0.15, 0.2) is 0 Å². The number of hydrogen-bond donors (Lipinski definition) is 1. The summed E-state index contributed by atoms with van der Waals surface area (Å²) in [6.07, 6.45) is 10.9. The van der Waals surface area contributed by atoms with E-state index in [9.17, 15) is 24.0 Å². The molecule has 0 saturated carbocycles. The first-order valence-corrected chi connectivity index (χ1v) is 30.6. The normalized spacial score (nSPS) is 19.5. The van der Waals surface area contributed by atoms with E-state index in [1.54, 1.807) is 49.1 Å². The van der Waals surface area contributed by atoms with E-state index < -0.39 is 0 Å². The predicted octanol–water partition coefficient (Wildman–Crippen LogP) is 12.1. The van der Waals surface area contributed by atoms with E-state index in [4.69, 9.17) is 62.8 Å². The van der Waals surface area contributed by atoms with Gasteiger partial charge in [0.05, 0.1) is 32.3 Å². The monoisotopic (exact) mass is 1200 g/mol. The first-order chi connectivity index (χ1) is 38.2. The minimum Gasteiger partial charge on any atom is -0.399 e. The molecule has 14 nitrogen and oxygen atoms in total. The number of rotatable bonds is 19. The van der Waals surface area contributed by atoms with Crippen LogP contribution in [0.4, 0.5) is 0 Å². The van der Waals surface area contributed by atoms with Crippen molar-refractivity contribution >= 4 is 93.3 Å². The first kappa shape index (κ1) is 66.6. The van der Waals surface area contributed by atoms with Crippen LogP contribution in [0.15, 0.2) is 59.8 Å². The molecule has 0 aliphatic carbocycles. The maximum absolute atomic E-state index is 13.0. The number of hydrogen-bond acceptors (Lipinski definition) is 9. The van der Waals surface area contributed by atoms with E-state index in [1.165, 1.54) is 25.6 Å². The molecule has 7 rings (SSSR count). The molecule has 0 spiro atoms. The second kappa shape index (κ2) is 33.2. The highest BCUT2D eigenvalue weighted by molar-refractivity contribution is 6.42. The van der Waals surface area contributed by atoms with E-state index in [-0.39, 0.29) is 47.3 Å². The summed E-state index contributed by atoms with van der Waals surface area (Å²) in [5.74, 6) is 0.370. The highest BCUT2D eigenvalue weighted by Gasteiger charge is 2.37. The number of benzene rings is 3. The Morgan fingerprint density at radius 1 is 0.700 bits per heavy atom. The summed E-state index contributed by atoms with van der Waals surface area (Å²) < 4.78 is 0. The van der Waals surface area contributed by atoms with Crippen molar-refractivity contribution in [2.45, 2.75) is 136 Å². The number of carbonyl (C=O) groups is 5. The third-order valence-electron chi connectivity index (χ3n) is 16.2. The van der Waals surface area contributed by atoms with Crippen molar-refractivity contribution in [3.05, 3.63) is 102 Å². The fourth-order valence-electron chi connectivity index (χ4n) is 11.3. The van der Waals surface area contributed by atoms with Crippen molar-refractivity contribution in [2.75, 3.05) is 93.7 Å². The zero-order valence-electron chi connectivity index (χ0n) is 48.7. The quantitative estimate of drug-likeness (QED) is 0.0925. The Morgan fingerprint density at radius 2 is 1.23 bits per heavy atom. The van der Waals surface area contributed by atoms with E-state index in [1.807, 2.05) is 51.1 Å². The van der Waals surface area contributed by atoms with Gasteiger partial charge in [-0.1, -0.05) is 96.1 Å². The molecule has 1 N–H and O–H groups in total. The maximum atomic E-state index is 13.0. The van der Waals surface area contributed by atoms with Crippen LogP contribution < -0.4 is 5.32 Å². The number of amides is 5. The minimum atomic E-state index is -0.145. The number of carbonyl (C=O) groups excluding carboxylic acids is 5. The van der Waals surface area contributed by atoms with Crippen LogP contribution in [-0.4, -0.2) is 170 Å². The number of nitrogens with zero attached hydrogens (tertiary/aromatic N) is 7. The van der Waals surface area contributed by atoms with Crippen molar-refractivity contribution in [3.8, 4) is 0 Å². The topological polar surface area (TPSA) is 138 Å². The second-order valence-electron chi connectivity index (χ2n) is 22.1. The van der Waals surface area contributed by atoms with Crippen LogP contribution in [-0.2, 0) is 24.0 Å². The molecule has 0 radical (unpaired) electrons. The molecule has 4 fully saturated rings. The van der Waals surface area contributed by atoms with Crippen LogP contribution in [0.5, 0.6) is 0 Å². The molecule has 4 unspecified atom stereocenters. The molecule has 0 bridgehead atoms. The van der Waals surface area contributed by atoms with Gasteiger partial charge in [0, 0.05) is 120 Å². The summed E-state index contributed by atoms with van der Waals surface area (Å²) >= 11 is 30.5. The largest absolute Gasteiger partial charge is 0.399 e. The number of halogens is 5. The summed E-state index contributed by atoms with van der Waals surface area (Å²) in [5.41, 5.74) is 4.34. The maximum Gasteiger partial charge on any atom is 0.254 e. The predicted molar refractivity (Wildman–Crippen MR) is 327 cm³/mol. The molecule has 4 saturated heterocycles. The molecule has 4 heterocycles. The Balaban J connectivity index is 0.000000225. The average Bonchev–Trinajstić information content (AvgIpc) is 3.47. The number of likely N-dealkylation sites (tertiary alicyclic amines) is 4. The third kappa shape index (κ3) is 19.8. The van der Waals surface area contributed by atoms with Crippen LogP contribution in [0.3, 0.4) is 0 Å². The Labute approximate surface area is 502 Å². The summed E-state index contributed by atoms with van der Waals surface area (Å²) in [6, 6.07) is 17.4. The summed E-state index contributed by atoms with van der Waals surface area (Å²) in [5, 5.41) is 9.51. The van der Waals surface area contributed by atoms with Gasteiger partial charge in [0.1, 0.15) is 7.11 Å². The van der Waals surface area contributed by atoms with E-state index >= 15 is 0 Å². The van der Waals surface area contributed by atoms with Gasteiger partial charge in [0.25, 0.3) is 5.91 Å². The van der Waals surface area contributed by atoms with Crippen molar-refractivity contribution in [1.29, 1.82) is 0 Å². The third-order valence-corrected chi connectivity index (χ3v) is 17.9. The number of oxime groups is 1. The fourth-order valence-corrected chi connectivity index (χ4v) is 12.2. The molecule has 19 heteroatoms. The first-order valence-electron chi connectivity index (χ1n) is 28.7. The number of nitrogens with one attached hydrogen (secondary N) is 1. The van der Waals surface area contributed by atoms with Gasteiger partial charge in [-0.15, -0.1) is 0 Å². The molecule has 0 aromatic heterocycles. The van der Waals surface area contributed by atoms with Crippen LogP contribution in [0, 0.1) is 18.8 Å². The van der Waals surface area contributed by atoms with Crippen LogP contribution in [0.2, 0.25) is 25.1 Å². The lowest BCUT2D eigenvalue weighted by atomic mass is 9.90. The lowest BCUT2D eigenvalue weighted by molar-refractivity contribution is -0.146. The summed E-state index contributed by atoms with van der Waals surface area (Å²) in [7, 11) is 6.63. The fraction of sp³-hybridized carbons (Fsp3) is 0.607. The van der Waals surface area contributed by atoms with Gasteiger partial charge >= 0.3 is 0 Å². The van der Waals surface area contributed by atoms with Crippen LogP contribution in [0.25, 0.3) is 0 Å². The Hall–Kier alpha value is -4.15. The van der Waals surface area contributed by atoms with Crippen molar-refractivity contribution < 1.29 is 28.8 Å². The Bertz CT molecular complexity index is 2530. The lowest BCUT2D eigenvalue weighted by Crippen LogP contribution is -2.52. The number of piperidine rings is 4. The van der Waals surface area contributed by atoms with E-state index in [0.717, 1.165) is 115 Å². The SMILES string of the molecule is CC(CCN1CCC(N2CCCC(CC(=O)N(C)C)C2=O)CC1)c1ccc(Cl)c(Cl)c1.CCCN1CCC(N2CCCC(CC(=O)NC)C2=O)CC1.CCN(C/C(=N/OC)C(C)c1ccc(Cl)c(Cl)c1)C(=O)c1cc(C)cc(Cl)c1. The van der Waals surface area contributed by atoms with Gasteiger partial charge in [-0.05, 0) is 156 Å². The molecule has 4 aliphatic heterocycles. The zero-order valence-corrected chi connectivity index (χ0v) is 52.5. The number of aryl methyl sites for hydroxylation is 1. The highest BCUT2D eigenvalue weighted by atomic mass is 35.5. The van der Waals surface area contributed by atoms with Gasteiger partial charge in [-0.25, -0.2) is 0 Å². The molecule has 3 aromatic rings. The Morgan fingerprint density at radius 3 is 1.71 bits per heavy atom. The van der Waals surface area contributed by atoms with E-state index in [2.05, 4.69) is 50.0 Å². The van der Waals surface area contributed by atoms with E-state index in [0.29, 0.717) is 80.3 Å². The molecule has 442 valence electrons. The Kier molecular flexibility index (Phi) is 27.7. The molecule has 4 atom stereocenters. The van der Waals surface area contributed by atoms with Gasteiger partial charge < -0.3 is 39.6 Å². The molecule has 4 aliphatic rings. The minimum absolute atomic E-state index is 0.0204. The second-order valence-corrected chi connectivity index (χ2v) is 24.2. The summed E-state index contributed by atoms with van der Waals surface area (Å²) in [6.45, 7) is 19.2. The van der Waals surface area contributed by atoms with Crippen molar-refractivity contribution in [1.82, 2.24) is 34.7 Å². The molecular weight excluding hydrogens is 1120 g/mol. The smallest absolute Gasteiger partial charge is 0.254 e. The van der Waals surface area contributed by atoms with Gasteiger partial charge in [0.2, 0.25) is 23.6 Å². The zero-order chi connectivity index (χ0) is 58.6. The standard InChI is InChI=1S/C24H35Cl2N3O2.C21H23Cl3N2O2.C16H29N3O2/c1-17(18-6-7-21(25)22(26)15-18)8-12-28-13-9-20(10-14-28)29-11-4-5-19(24(29)31)16-23(30)27(2)3;1-5-26(21(27)16-8-13(2)9-17(22)10-16)12-20(25-28-4)14(3)15-6-7-18(23)19(24)11-15;1-3-8-18-10-6-14(7-11-18)19-9-4-5-13(16(19)21)12-15(20)17-2/h6-7,15,17,19-20H,4-5,8-14,16H2,1-3H3;6-11,14H,5,12H2,1-4H3;13-14H,3-12H2,1-2H3,(H,17,20)/b;25-20-;. The van der Waals surface area contributed by atoms with Gasteiger partial charge in [-0.3, -0.25) is 24.0 Å². The highest BCUT2D eigenvalue weighted by Crippen LogP contribution is 2.32. The van der Waals surface area contributed by atoms with Crippen LogP contribution in [0.1, 0.15) is 144 Å². The van der Waals surface area contributed by atoms with Crippen LogP contribution >= 0.6 is 58.0 Å². The molecule has 3 aromatic carbocycles.